The average Bonchev–Trinajstić information content (AvgIpc) is 2.98. The highest BCUT2D eigenvalue weighted by Gasteiger charge is 2.42. The number of hydrogen-bond donors (Lipinski definition) is 1. The Bertz CT molecular complexity index is 875. The van der Waals surface area contributed by atoms with Crippen LogP contribution in [0.15, 0.2) is 28.1 Å². The molecule has 0 amide bonds. The van der Waals surface area contributed by atoms with Gasteiger partial charge in [-0.3, -0.25) is 14.3 Å². The molecule has 0 radical (unpaired) electrons. The van der Waals surface area contributed by atoms with Crippen molar-refractivity contribution in [2.45, 2.75) is 70.7 Å². The van der Waals surface area contributed by atoms with E-state index in [2.05, 4.69) is 38.8 Å². The Morgan fingerprint density at radius 2 is 2.11 bits per heavy atom. The van der Waals surface area contributed by atoms with Crippen LogP contribution in [0, 0.1) is 18.3 Å². The topological polar surface area (TPSA) is 106 Å². The smallest absolute Gasteiger partial charge is 0.330 e. The number of H-pyrrole nitrogens is 1. The third-order valence-corrected chi connectivity index (χ3v) is 9.95. The molecule has 1 saturated heterocycles. The van der Waals surface area contributed by atoms with Crippen LogP contribution in [0.1, 0.15) is 39.0 Å². The fourth-order valence-corrected chi connectivity index (χ4v) is 3.66. The molecule has 0 bridgehead atoms. The van der Waals surface area contributed by atoms with Crippen molar-refractivity contribution in [3.63, 3.8) is 0 Å². The number of hydrogen-bond acceptors (Lipinski definition) is 6. The van der Waals surface area contributed by atoms with Crippen LogP contribution >= 0.6 is 0 Å². The van der Waals surface area contributed by atoms with Crippen molar-refractivity contribution in [2.24, 2.45) is 0 Å². The molecule has 0 aromatic carbocycles. The molecule has 0 aliphatic carbocycles. The minimum Gasteiger partial charge on any atom is -0.494 e. The molecule has 1 fully saturated rings. The lowest BCUT2D eigenvalue weighted by atomic mass is 10.2. The first-order valence-electron chi connectivity index (χ1n) is 9.28. The predicted molar refractivity (Wildman–Crippen MR) is 107 cm³/mol. The fourth-order valence-electron chi connectivity index (χ4n) is 2.64. The van der Waals surface area contributed by atoms with E-state index < -0.39 is 31.9 Å². The summed E-state index contributed by atoms with van der Waals surface area (Å²) in [4.78, 5) is 26.1. The molecule has 1 aromatic rings. The van der Waals surface area contributed by atoms with Crippen LogP contribution in [0.3, 0.4) is 0 Å². The fraction of sp³-hybridized carbons (Fsp3) is 0.632. The first-order chi connectivity index (χ1) is 13.0. The van der Waals surface area contributed by atoms with Gasteiger partial charge in [-0.2, -0.15) is 5.26 Å². The normalized spacial score (nSPS) is 23.1. The molecule has 2 heterocycles. The summed E-state index contributed by atoms with van der Waals surface area (Å²) in [6.07, 6.45) is 3.10. The molecule has 28 heavy (non-hydrogen) atoms. The Hall–Kier alpha value is -2.15. The van der Waals surface area contributed by atoms with Gasteiger partial charge >= 0.3 is 5.69 Å². The Morgan fingerprint density at radius 1 is 1.43 bits per heavy atom. The predicted octanol–water partition coefficient (Wildman–Crippen LogP) is 2.58. The van der Waals surface area contributed by atoms with Crippen LogP contribution in [0.5, 0.6) is 0 Å². The van der Waals surface area contributed by atoms with Crippen molar-refractivity contribution in [3.05, 3.63) is 44.9 Å². The molecule has 154 valence electrons. The number of allylic oxidation sites excluding steroid dienone is 1. The summed E-state index contributed by atoms with van der Waals surface area (Å²) in [6.45, 7) is 12.7. The van der Waals surface area contributed by atoms with Crippen LogP contribution in [-0.2, 0) is 13.9 Å². The zero-order chi connectivity index (χ0) is 21.1. The molecule has 9 heteroatoms. The van der Waals surface area contributed by atoms with Gasteiger partial charge in [-0.25, -0.2) is 4.79 Å². The highest BCUT2D eigenvalue weighted by atomic mass is 28.4. The molecule has 0 saturated carbocycles. The first kappa shape index (κ1) is 22.1. The van der Waals surface area contributed by atoms with Crippen LogP contribution in [0.2, 0.25) is 18.1 Å². The van der Waals surface area contributed by atoms with Crippen LogP contribution < -0.4 is 11.2 Å². The molecule has 3 atom stereocenters. The SMILES string of the molecule is Cc1cn([C@H]2C[C@H](OC=CC#N)[C@@H](CO[Si](C)(C)C(C)(C)C)O2)c(=O)[nH]c1=O. The third kappa shape index (κ3) is 5.01. The number of nitrogens with one attached hydrogen (secondary N) is 1. The largest absolute Gasteiger partial charge is 0.494 e. The van der Waals surface area contributed by atoms with Crippen LogP contribution in [0.4, 0.5) is 0 Å². The van der Waals surface area contributed by atoms with E-state index in [-0.39, 0.29) is 11.1 Å². The van der Waals surface area contributed by atoms with E-state index in [1.807, 2.05) is 6.07 Å². The Kier molecular flexibility index (Phi) is 6.70. The zero-order valence-electron chi connectivity index (χ0n) is 17.3. The van der Waals surface area contributed by atoms with E-state index in [1.165, 1.54) is 23.1 Å². The second-order valence-electron chi connectivity index (χ2n) is 8.52. The van der Waals surface area contributed by atoms with Crippen molar-refractivity contribution in [1.29, 1.82) is 5.26 Å². The van der Waals surface area contributed by atoms with Crippen molar-refractivity contribution in [1.82, 2.24) is 9.55 Å². The number of nitrogens with zero attached hydrogens (tertiary/aromatic N) is 2. The number of aromatic amines is 1. The van der Waals surface area contributed by atoms with Gasteiger partial charge in [0.05, 0.1) is 25.0 Å². The Morgan fingerprint density at radius 3 is 2.71 bits per heavy atom. The lowest BCUT2D eigenvalue weighted by Crippen LogP contribution is -2.44. The second kappa shape index (κ2) is 8.47. The van der Waals surface area contributed by atoms with Gasteiger partial charge in [-0.05, 0) is 25.1 Å². The number of aryl methyl sites for hydroxylation is 1. The van der Waals surface area contributed by atoms with E-state index in [1.54, 1.807) is 6.92 Å². The van der Waals surface area contributed by atoms with E-state index in [9.17, 15) is 9.59 Å². The van der Waals surface area contributed by atoms with Gasteiger partial charge < -0.3 is 13.9 Å². The summed E-state index contributed by atoms with van der Waals surface area (Å²) >= 11 is 0. The van der Waals surface area contributed by atoms with Gasteiger partial charge in [-0.1, -0.05) is 20.8 Å². The maximum atomic E-state index is 12.2. The van der Waals surface area contributed by atoms with Gasteiger partial charge in [-0.15, -0.1) is 0 Å². The lowest BCUT2D eigenvalue weighted by Gasteiger charge is -2.37. The van der Waals surface area contributed by atoms with Gasteiger partial charge in [0.25, 0.3) is 5.56 Å². The van der Waals surface area contributed by atoms with Gasteiger partial charge in [0, 0.05) is 18.2 Å². The average molecular weight is 408 g/mol. The van der Waals surface area contributed by atoms with Crippen molar-refractivity contribution < 1.29 is 13.9 Å². The molecule has 0 unspecified atom stereocenters. The monoisotopic (exact) mass is 407 g/mol. The number of nitriles is 1. The molecular weight excluding hydrogens is 378 g/mol. The van der Waals surface area contributed by atoms with Gasteiger partial charge in [0.1, 0.15) is 18.4 Å². The number of ether oxygens (including phenoxy) is 2. The molecule has 1 aliphatic rings. The molecule has 1 N–H and O–H groups in total. The molecule has 8 nitrogen and oxygen atoms in total. The zero-order valence-corrected chi connectivity index (χ0v) is 18.3. The summed E-state index contributed by atoms with van der Waals surface area (Å²) in [6, 6.07) is 1.88. The van der Waals surface area contributed by atoms with Crippen LogP contribution in [-0.4, -0.2) is 36.7 Å². The summed E-state index contributed by atoms with van der Waals surface area (Å²) in [5, 5.41) is 8.73. The number of rotatable bonds is 6. The molecule has 2 rings (SSSR count). The maximum absolute atomic E-state index is 12.2. The van der Waals surface area contributed by atoms with E-state index in [0.29, 0.717) is 18.6 Å². The van der Waals surface area contributed by atoms with E-state index in [0.717, 1.165) is 0 Å². The minimum absolute atomic E-state index is 0.0506. The van der Waals surface area contributed by atoms with Gasteiger partial charge in [0.15, 0.2) is 8.32 Å². The van der Waals surface area contributed by atoms with Crippen molar-refractivity contribution in [3.8, 4) is 6.07 Å². The summed E-state index contributed by atoms with van der Waals surface area (Å²) in [5.41, 5.74) is -0.522. The maximum Gasteiger partial charge on any atom is 0.330 e. The highest BCUT2D eigenvalue weighted by Crippen LogP contribution is 2.38. The van der Waals surface area contributed by atoms with Crippen molar-refractivity contribution >= 4 is 8.32 Å². The summed E-state index contributed by atoms with van der Waals surface area (Å²) < 4.78 is 19.4. The van der Waals surface area contributed by atoms with Gasteiger partial charge in [0.2, 0.25) is 0 Å². The van der Waals surface area contributed by atoms with E-state index >= 15 is 0 Å². The lowest BCUT2D eigenvalue weighted by molar-refractivity contribution is -0.0454. The minimum atomic E-state index is -1.99. The van der Waals surface area contributed by atoms with Crippen molar-refractivity contribution in [2.75, 3.05) is 6.61 Å². The van der Waals surface area contributed by atoms with E-state index in [4.69, 9.17) is 19.2 Å². The third-order valence-electron chi connectivity index (χ3n) is 5.45. The second-order valence-corrected chi connectivity index (χ2v) is 13.3. The summed E-state index contributed by atoms with van der Waals surface area (Å²) in [5.74, 6) is 0. The Balaban J connectivity index is 2.22. The standard InChI is InChI=1S/C19H29N3O5Si/c1-13-11-22(18(24)21-17(13)23)16-10-14(25-9-7-8-20)15(27-16)12-26-28(5,6)19(2,3)4/h7,9,11,14-16H,10,12H2,1-6H3,(H,21,23,24)/t14-,15+,16+/m0/s1. The Labute approximate surface area is 165 Å². The molecular formula is C19H29N3O5Si. The molecule has 1 aliphatic heterocycles. The molecule has 1 aromatic heterocycles. The molecule has 0 spiro atoms. The van der Waals surface area contributed by atoms with Crippen LogP contribution in [0.25, 0.3) is 0 Å². The highest BCUT2D eigenvalue weighted by molar-refractivity contribution is 6.74. The quantitative estimate of drug-likeness (QED) is 0.441. The number of aromatic nitrogens is 2. The first-order valence-corrected chi connectivity index (χ1v) is 12.2. The summed E-state index contributed by atoms with van der Waals surface area (Å²) in [7, 11) is -1.99.